The van der Waals surface area contributed by atoms with E-state index >= 15 is 0 Å². The van der Waals surface area contributed by atoms with Crippen LogP contribution in [0, 0.1) is 0 Å². The quantitative estimate of drug-likeness (QED) is 0.717. The van der Waals surface area contributed by atoms with E-state index in [0.717, 1.165) is 22.2 Å². The highest BCUT2D eigenvalue weighted by atomic mass is 16.2. The van der Waals surface area contributed by atoms with E-state index in [0.29, 0.717) is 5.56 Å². The van der Waals surface area contributed by atoms with Gasteiger partial charge in [0.25, 0.3) is 5.91 Å². The number of pyridine rings is 1. The van der Waals surface area contributed by atoms with Crippen LogP contribution >= 0.6 is 0 Å². The van der Waals surface area contributed by atoms with Gasteiger partial charge in [-0.25, -0.2) is 0 Å². The highest BCUT2D eigenvalue weighted by Crippen LogP contribution is 2.29. The lowest BCUT2D eigenvalue weighted by Crippen LogP contribution is -2.38. The molecule has 4 nitrogen and oxygen atoms in total. The number of anilines is 1. The van der Waals surface area contributed by atoms with Gasteiger partial charge in [0.1, 0.15) is 6.17 Å². The van der Waals surface area contributed by atoms with E-state index in [4.69, 9.17) is 0 Å². The summed E-state index contributed by atoms with van der Waals surface area (Å²) in [6, 6.07) is 17.4. The third kappa shape index (κ3) is 1.92. The van der Waals surface area contributed by atoms with Crippen molar-refractivity contribution >= 4 is 22.5 Å². The van der Waals surface area contributed by atoms with Crippen LogP contribution in [0.15, 0.2) is 60.8 Å². The number of fused-ring (bicyclic) bond motifs is 2. The number of aromatic nitrogens is 1. The third-order valence-corrected chi connectivity index (χ3v) is 3.72. The molecule has 1 aliphatic heterocycles. The van der Waals surface area contributed by atoms with Crippen molar-refractivity contribution in [2.45, 2.75) is 6.17 Å². The SMILES string of the molecule is O=C1N[C@H](c2cccc3cccnc23)Nc2ccccc21. The van der Waals surface area contributed by atoms with E-state index in [1.54, 1.807) is 6.20 Å². The standard InChI is InChI=1S/C17H13N3O/c21-17-12-7-1-2-9-14(12)19-16(20-17)13-8-3-5-11-6-4-10-18-15(11)13/h1-10,16,19H,(H,20,21)/t16-/m1/s1. The molecule has 1 aromatic heterocycles. The number of para-hydroxylation sites is 2. The zero-order valence-corrected chi connectivity index (χ0v) is 11.2. The van der Waals surface area contributed by atoms with Gasteiger partial charge in [0.05, 0.1) is 11.1 Å². The summed E-state index contributed by atoms with van der Waals surface area (Å²) in [6.45, 7) is 0. The molecule has 1 amide bonds. The second-order valence-electron chi connectivity index (χ2n) is 5.02. The summed E-state index contributed by atoms with van der Waals surface area (Å²) in [6.07, 6.45) is 1.50. The van der Waals surface area contributed by atoms with Gasteiger partial charge in [-0.15, -0.1) is 0 Å². The Morgan fingerprint density at radius 2 is 1.76 bits per heavy atom. The molecule has 102 valence electrons. The number of hydrogen-bond donors (Lipinski definition) is 2. The first-order chi connectivity index (χ1) is 10.3. The number of benzene rings is 2. The fourth-order valence-corrected chi connectivity index (χ4v) is 2.72. The molecule has 1 aliphatic rings. The molecule has 4 rings (SSSR count). The lowest BCUT2D eigenvalue weighted by atomic mass is 10.0. The second-order valence-corrected chi connectivity index (χ2v) is 5.02. The van der Waals surface area contributed by atoms with E-state index < -0.39 is 0 Å². The number of carbonyl (C=O) groups is 1. The van der Waals surface area contributed by atoms with E-state index in [1.165, 1.54) is 0 Å². The zero-order chi connectivity index (χ0) is 14.2. The number of nitrogens with one attached hydrogen (secondary N) is 2. The Morgan fingerprint density at radius 1 is 0.905 bits per heavy atom. The second kappa shape index (κ2) is 4.59. The number of nitrogens with zero attached hydrogens (tertiary/aromatic N) is 1. The van der Waals surface area contributed by atoms with Crippen molar-refractivity contribution in [2.24, 2.45) is 0 Å². The fraction of sp³-hybridized carbons (Fsp3) is 0.0588. The van der Waals surface area contributed by atoms with Crippen molar-refractivity contribution in [3.05, 3.63) is 71.9 Å². The summed E-state index contributed by atoms with van der Waals surface area (Å²) >= 11 is 0. The molecule has 0 fully saturated rings. The summed E-state index contributed by atoms with van der Waals surface area (Å²) in [5.41, 5.74) is 3.38. The number of amides is 1. The van der Waals surface area contributed by atoms with Crippen LogP contribution in [0.25, 0.3) is 10.9 Å². The van der Waals surface area contributed by atoms with Crippen molar-refractivity contribution in [3.63, 3.8) is 0 Å². The summed E-state index contributed by atoms with van der Waals surface area (Å²) in [4.78, 5) is 16.7. The van der Waals surface area contributed by atoms with Gasteiger partial charge in [0.15, 0.2) is 0 Å². The van der Waals surface area contributed by atoms with Gasteiger partial charge in [-0.3, -0.25) is 9.78 Å². The van der Waals surface area contributed by atoms with Crippen molar-refractivity contribution in [1.29, 1.82) is 0 Å². The third-order valence-electron chi connectivity index (χ3n) is 3.72. The van der Waals surface area contributed by atoms with E-state index in [2.05, 4.69) is 15.6 Å². The molecule has 21 heavy (non-hydrogen) atoms. The minimum atomic E-state index is -0.272. The maximum Gasteiger partial charge on any atom is 0.255 e. The van der Waals surface area contributed by atoms with Crippen LogP contribution < -0.4 is 10.6 Å². The topological polar surface area (TPSA) is 54.0 Å². The van der Waals surface area contributed by atoms with Crippen LogP contribution in [0.3, 0.4) is 0 Å². The van der Waals surface area contributed by atoms with Crippen LogP contribution in [0.4, 0.5) is 5.69 Å². The average molecular weight is 275 g/mol. The van der Waals surface area contributed by atoms with Crippen LogP contribution in [-0.2, 0) is 0 Å². The largest absolute Gasteiger partial charge is 0.361 e. The van der Waals surface area contributed by atoms with E-state index in [-0.39, 0.29) is 12.1 Å². The molecule has 2 N–H and O–H groups in total. The van der Waals surface area contributed by atoms with E-state index in [1.807, 2.05) is 54.6 Å². The zero-order valence-electron chi connectivity index (χ0n) is 11.2. The molecule has 0 saturated heterocycles. The first kappa shape index (κ1) is 11.9. The highest BCUT2D eigenvalue weighted by Gasteiger charge is 2.25. The lowest BCUT2D eigenvalue weighted by Gasteiger charge is -2.28. The fourth-order valence-electron chi connectivity index (χ4n) is 2.72. The highest BCUT2D eigenvalue weighted by molar-refractivity contribution is 6.02. The van der Waals surface area contributed by atoms with Crippen LogP contribution in [-0.4, -0.2) is 10.9 Å². The van der Waals surface area contributed by atoms with Gasteiger partial charge in [-0.05, 0) is 18.2 Å². The van der Waals surface area contributed by atoms with Crippen molar-refractivity contribution in [3.8, 4) is 0 Å². The number of carbonyl (C=O) groups excluding carboxylic acids is 1. The molecule has 0 bridgehead atoms. The lowest BCUT2D eigenvalue weighted by molar-refractivity contribution is 0.0936. The van der Waals surface area contributed by atoms with Crippen LogP contribution in [0.5, 0.6) is 0 Å². The van der Waals surface area contributed by atoms with E-state index in [9.17, 15) is 4.79 Å². The van der Waals surface area contributed by atoms with Gasteiger partial charge in [-0.1, -0.05) is 36.4 Å². The van der Waals surface area contributed by atoms with Crippen molar-refractivity contribution in [2.75, 3.05) is 5.32 Å². The Hall–Kier alpha value is -2.88. The Morgan fingerprint density at radius 3 is 2.71 bits per heavy atom. The number of rotatable bonds is 1. The molecule has 3 aromatic rings. The molecule has 0 radical (unpaired) electrons. The van der Waals surface area contributed by atoms with Gasteiger partial charge >= 0.3 is 0 Å². The number of hydrogen-bond acceptors (Lipinski definition) is 3. The van der Waals surface area contributed by atoms with Crippen LogP contribution in [0.2, 0.25) is 0 Å². The predicted molar refractivity (Wildman–Crippen MR) is 82.0 cm³/mol. The first-order valence-corrected chi connectivity index (χ1v) is 6.83. The Bertz CT molecular complexity index is 839. The Balaban J connectivity index is 1.83. The molecule has 0 aliphatic carbocycles. The summed E-state index contributed by atoms with van der Waals surface area (Å²) in [5.74, 6) is -0.0673. The smallest absolute Gasteiger partial charge is 0.255 e. The van der Waals surface area contributed by atoms with Gasteiger partial charge in [0.2, 0.25) is 0 Å². The molecule has 1 atom stereocenters. The molecule has 0 spiro atoms. The minimum absolute atomic E-state index is 0.0673. The van der Waals surface area contributed by atoms with Gasteiger partial charge < -0.3 is 10.6 Å². The van der Waals surface area contributed by atoms with Crippen molar-refractivity contribution < 1.29 is 4.79 Å². The molecule has 2 heterocycles. The molecule has 2 aromatic carbocycles. The summed E-state index contributed by atoms with van der Waals surface area (Å²) < 4.78 is 0. The molecule has 0 unspecified atom stereocenters. The van der Waals surface area contributed by atoms with Crippen molar-refractivity contribution in [1.82, 2.24) is 10.3 Å². The first-order valence-electron chi connectivity index (χ1n) is 6.83. The van der Waals surface area contributed by atoms with Gasteiger partial charge in [-0.2, -0.15) is 0 Å². The average Bonchev–Trinajstić information content (AvgIpc) is 2.54. The Labute approximate surface area is 121 Å². The predicted octanol–water partition coefficient (Wildman–Crippen LogP) is 3.09. The normalized spacial score (nSPS) is 17.0. The monoisotopic (exact) mass is 275 g/mol. The van der Waals surface area contributed by atoms with Crippen LogP contribution in [0.1, 0.15) is 22.1 Å². The molecule has 0 saturated carbocycles. The minimum Gasteiger partial charge on any atom is -0.361 e. The summed E-state index contributed by atoms with van der Waals surface area (Å²) in [5, 5.41) is 7.41. The van der Waals surface area contributed by atoms with Gasteiger partial charge in [0, 0.05) is 22.8 Å². The molecule has 4 heteroatoms. The molecular weight excluding hydrogens is 262 g/mol. The Kier molecular flexibility index (Phi) is 2.60. The maximum absolute atomic E-state index is 12.2. The molecular formula is C17H13N3O. The maximum atomic E-state index is 12.2. The summed E-state index contributed by atoms with van der Waals surface area (Å²) in [7, 11) is 0.